The molecule has 0 saturated heterocycles. The summed E-state index contributed by atoms with van der Waals surface area (Å²) in [5, 5.41) is 38.2. The Labute approximate surface area is 93.7 Å². The summed E-state index contributed by atoms with van der Waals surface area (Å²) >= 11 is 0. The summed E-state index contributed by atoms with van der Waals surface area (Å²) in [6, 6.07) is -1.32. The van der Waals surface area contributed by atoms with Crippen molar-refractivity contribution in [2.24, 2.45) is 0 Å². The number of amides is 1. The maximum atomic E-state index is 10.6. The summed E-state index contributed by atoms with van der Waals surface area (Å²) in [6.45, 7) is 0.377. The van der Waals surface area contributed by atoms with Gasteiger partial charge in [0.05, 0.1) is 6.61 Å². The van der Waals surface area contributed by atoms with Crippen LogP contribution < -0.4 is 5.32 Å². The van der Waals surface area contributed by atoms with Crippen LogP contribution in [0.4, 0.5) is 0 Å². The number of aliphatic hydroxyl groups is 4. The van der Waals surface area contributed by atoms with Gasteiger partial charge in [0.25, 0.3) is 0 Å². The van der Waals surface area contributed by atoms with Crippen LogP contribution >= 0.6 is 0 Å². The molecule has 7 nitrogen and oxygen atoms in total. The van der Waals surface area contributed by atoms with E-state index >= 15 is 0 Å². The lowest BCUT2D eigenvalue weighted by Crippen LogP contribution is -2.53. The number of aldehydes is 1. The summed E-state index contributed by atoms with van der Waals surface area (Å²) in [6.07, 6.45) is -4.72. The van der Waals surface area contributed by atoms with Gasteiger partial charge in [0.2, 0.25) is 5.91 Å². The van der Waals surface area contributed by atoms with Crippen LogP contribution in [0.15, 0.2) is 0 Å². The van der Waals surface area contributed by atoms with Crippen LogP contribution in [0.1, 0.15) is 14.4 Å². The summed E-state index contributed by atoms with van der Waals surface area (Å²) in [5.74, 6) is -0.558. The van der Waals surface area contributed by atoms with E-state index in [4.69, 9.17) is 10.2 Å². The number of aliphatic hydroxyl groups excluding tert-OH is 4. The Morgan fingerprint density at radius 1 is 1.31 bits per heavy atom. The zero-order valence-electron chi connectivity index (χ0n) is 8.20. The highest BCUT2D eigenvalue weighted by molar-refractivity contribution is 5.77. The number of nitrogens with one attached hydrogen (secondary N) is 1. The molecular weight excluding hydrogens is 218 g/mol. The van der Waals surface area contributed by atoms with Gasteiger partial charge in [-0.05, 0) is 0 Å². The molecule has 0 rings (SSSR count). The Bertz CT molecular complexity index is 222. The van der Waals surface area contributed by atoms with Gasteiger partial charge in [-0.1, -0.05) is 7.43 Å². The number of hydrogen-bond donors (Lipinski definition) is 5. The van der Waals surface area contributed by atoms with Gasteiger partial charge in [0.15, 0.2) is 0 Å². The average molecular weight is 237 g/mol. The minimum Gasteiger partial charge on any atom is -0.394 e. The highest BCUT2D eigenvalue weighted by atomic mass is 16.4. The minimum absolute atomic E-state index is 0. The molecule has 96 valence electrons. The van der Waals surface area contributed by atoms with E-state index in [1.807, 2.05) is 0 Å². The summed E-state index contributed by atoms with van der Waals surface area (Å²) in [5.41, 5.74) is 0. The molecule has 0 aromatic heterocycles. The van der Waals surface area contributed by atoms with Crippen LogP contribution in [0.2, 0.25) is 0 Å². The van der Waals surface area contributed by atoms with Crippen LogP contribution in [-0.2, 0) is 9.59 Å². The van der Waals surface area contributed by atoms with Gasteiger partial charge in [-0.25, -0.2) is 0 Å². The monoisotopic (exact) mass is 237 g/mol. The van der Waals surface area contributed by atoms with Crippen molar-refractivity contribution < 1.29 is 30.0 Å². The molecular formula is C9H19NO6. The lowest BCUT2D eigenvalue weighted by atomic mass is 10.0. The molecule has 0 heterocycles. The van der Waals surface area contributed by atoms with E-state index in [1.54, 1.807) is 0 Å². The SMILES string of the molecule is C.CC(=O)NC(C=O)C(O)C(O)C(O)CO. The zero-order chi connectivity index (χ0) is 12.0. The molecule has 0 aromatic carbocycles. The minimum atomic E-state index is -1.71. The third kappa shape index (κ3) is 5.17. The van der Waals surface area contributed by atoms with Crippen molar-refractivity contribution in [3.05, 3.63) is 0 Å². The van der Waals surface area contributed by atoms with Crippen molar-refractivity contribution in [2.75, 3.05) is 6.61 Å². The third-order valence-electron chi connectivity index (χ3n) is 1.82. The highest BCUT2D eigenvalue weighted by Crippen LogP contribution is 2.03. The number of carbonyl (C=O) groups is 2. The van der Waals surface area contributed by atoms with Gasteiger partial charge in [-0.2, -0.15) is 0 Å². The Balaban J connectivity index is 0. The maximum Gasteiger partial charge on any atom is 0.217 e. The molecule has 7 heteroatoms. The molecule has 0 spiro atoms. The highest BCUT2D eigenvalue weighted by Gasteiger charge is 2.31. The van der Waals surface area contributed by atoms with E-state index in [1.165, 1.54) is 0 Å². The second kappa shape index (κ2) is 8.17. The van der Waals surface area contributed by atoms with Crippen LogP contribution in [-0.4, -0.2) is 63.6 Å². The first-order valence-corrected chi connectivity index (χ1v) is 4.31. The number of carbonyl (C=O) groups excluding carboxylic acids is 2. The van der Waals surface area contributed by atoms with E-state index in [2.05, 4.69) is 5.32 Å². The fourth-order valence-electron chi connectivity index (χ4n) is 0.983. The van der Waals surface area contributed by atoms with E-state index in [0.717, 1.165) is 6.92 Å². The predicted octanol–water partition coefficient (Wildman–Crippen LogP) is -2.60. The molecule has 0 radical (unpaired) electrons. The second-order valence-electron chi connectivity index (χ2n) is 3.09. The first-order chi connectivity index (χ1) is 6.93. The number of hydrogen-bond acceptors (Lipinski definition) is 6. The van der Waals surface area contributed by atoms with Crippen molar-refractivity contribution in [3.63, 3.8) is 0 Å². The van der Waals surface area contributed by atoms with Crippen LogP contribution in [0.25, 0.3) is 0 Å². The van der Waals surface area contributed by atoms with Gasteiger partial charge in [0, 0.05) is 6.92 Å². The third-order valence-corrected chi connectivity index (χ3v) is 1.82. The lowest BCUT2D eigenvalue weighted by Gasteiger charge is -2.25. The van der Waals surface area contributed by atoms with Gasteiger partial charge in [-0.3, -0.25) is 4.79 Å². The lowest BCUT2D eigenvalue weighted by molar-refractivity contribution is -0.129. The topological polar surface area (TPSA) is 127 Å². The quantitative estimate of drug-likeness (QED) is 0.322. The predicted molar refractivity (Wildman–Crippen MR) is 55.5 cm³/mol. The molecule has 1 amide bonds. The van der Waals surface area contributed by atoms with Crippen LogP contribution in [0.3, 0.4) is 0 Å². The largest absolute Gasteiger partial charge is 0.394 e. The maximum absolute atomic E-state index is 10.6. The molecule has 0 aliphatic heterocycles. The summed E-state index contributed by atoms with van der Waals surface area (Å²) in [4.78, 5) is 21.1. The fraction of sp³-hybridized carbons (Fsp3) is 0.778. The number of rotatable bonds is 6. The van der Waals surface area contributed by atoms with Crippen molar-refractivity contribution >= 4 is 12.2 Å². The molecule has 0 bridgehead atoms. The van der Waals surface area contributed by atoms with E-state index in [-0.39, 0.29) is 13.7 Å². The molecule has 0 fully saturated rings. The smallest absolute Gasteiger partial charge is 0.217 e. The standard InChI is InChI=1S/C8H15NO6.CH4/c1-4(12)9-5(2-10)7(14)8(15)6(13)3-11;/h2,5-8,11,13-15H,3H2,1H3,(H,9,12);1H4. The second-order valence-corrected chi connectivity index (χ2v) is 3.09. The van der Waals surface area contributed by atoms with Crippen LogP contribution in [0.5, 0.6) is 0 Å². The van der Waals surface area contributed by atoms with Crippen molar-refractivity contribution in [3.8, 4) is 0 Å². The Kier molecular flexibility index (Phi) is 8.87. The molecule has 0 aromatic rings. The van der Waals surface area contributed by atoms with Crippen molar-refractivity contribution in [1.82, 2.24) is 5.32 Å². The molecule has 0 aliphatic carbocycles. The average Bonchev–Trinajstić information content (AvgIpc) is 2.22. The summed E-state index contributed by atoms with van der Waals surface area (Å²) in [7, 11) is 0. The molecule has 5 N–H and O–H groups in total. The molecule has 0 saturated carbocycles. The molecule has 4 unspecified atom stereocenters. The molecule has 4 atom stereocenters. The normalized spacial score (nSPS) is 17.6. The Morgan fingerprint density at radius 2 is 1.81 bits per heavy atom. The van der Waals surface area contributed by atoms with Gasteiger partial charge < -0.3 is 30.5 Å². The summed E-state index contributed by atoms with van der Waals surface area (Å²) < 4.78 is 0. The Hall–Kier alpha value is -1.02. The van der Waals surface area contributed by atoms with Crippen molar-refractivity contribution in [2.45, 2.75) is 38.7 Å². The van der Waals surface area contributed by atoms with E-state index < -0.39 is 36.9 Å². The van der Waals surface area contributed by atoms with Crippen molar-refractivity contribution in [1.29, 1.82) is 0 Å². The van der Waals surface area contributed by atoms with Gasteiger partial charge >= 0.3 is 0 Å². The van der Waals surface area contributed by atoms with E-state index in [9.17, 15) is 19.8 Å². The fourth-order valence-corrected chi connectivity index (χ4v) is 0.983. The first-order valence-electron chi connectivity index (χ1n) is 4.31. The molecule has 16 heavy (non-hydrogen) atoms. The van der Waals surface area contributed by atoms with Crippen LogP contribution in [0, 0.1) is 0 Å². The molecule has 0 aliphatic rings. The van der Waals surface area contributed by atoms with Gasteiger partial charge in [0.1, 0.15) is 30.6 Å². The van der Waals surface area contributed by atoms with Gasteiger partial charge in [-0.15, -0.1) is 0 Å². The van der Waals surface area contributed by atoms with E-state index in [0.29, 0.717) is 0 Å². The zero-order valence-corrected chi connectivity index (χ0v) is 8.20. The first kappa shape index (κ1) is 17.4. The Morgan fingerprint density at radius 3 is 2.12 bits per heavy atom.